The lowest BCUT2D eigenvalue weighted by Crippen LogP contribution is -2.04. The molecule has 0 amide bonds. The zero-order valence-corrected chi connectivity index (χ0v) is 10.9. The zero-order chi connectivity index (χ0) is 15.6. The summed E-state index contributed by atoms with van der Waals surface area (Å²) in [6.07, 6.45) is 0.654. The van der Waals surface area contributed by atoms with Gasteiger partial charge in [-0.25, -0.2) is 4.68 Å². The zero-order valence-electron chi connectivity index (χ0n) is 10.9. The molecule has 0 radical (unpaired) electrons. The fourth-order valence-corrected chi connectivity index (χ4v) is 1.73. The van der Waals surface area contributed by atoms with E-state index in [4.69, 9.17) is 0 Å². The molecule has 1 unspecified atom stereocenters. The van der Waals surface area contributed by atoms with Crippen LogP contribution in [0.15, 0.2) is 24.4 Å². The molecule has 0 aliphatic rings. The Kier molecular flexibility index (Phi) is 3.89. The number of non-ortho nitro benzene ring substituents is 1. The summed E-state index contributed by atoms with van der Waals surface area (Å²) in [5, 5.41) is 38.5. The summed E-state index contributed by atoms with van der Waals surface area (Å²) in [4.78, 5) is 20.3. The van der Waals surface area contributed by atoms with Gasteiger partial charge in [0.2, 0.25) is 0 Å². The van der Waals surface area contributed by atoms with E-state index in [0.29, 0.717) is 5.69 Å². The summed E-state index contributed by atoms with van der Waals surface area (Å²) in [7, 11) is 0. The van der Waals surface area contributed by atoms with Crippen LogP contribution in [0.1, 0.15) is 24.3 Å². The molecule has 1 N–H and O–H groups in total. The van der Waals surface area contributed by atoms with E-state index in [1.807, 2.05) is 0 Å². The molecule has 1 aromatic heterocycles. The molecule has 10 heteroatoms. The van der Waals surface area contributed by atoms with Crippen molar-refractivity contribution in [1.82, 2.24) is 15.0 Å². The number of aliphatic hydroxyl groups excluding tert-OH is 1. The van der Waals surface area contributed by atoms with Gasteiger partial charge in [-0.15, -0.1) is 5.10 Å². The fraction of sp³-hybridized carbons (Fsp3) is 0.273. The minimum atomic E-state index is -0.800. The number of hydrogen-bond donors (Lipinski definition) is 1. The predicted molar refractivity (Wildman–Crippen MR) is 69.5 cm³/mol. The summed E-state index contributed by atoms with van der Waals surface area (Å²) in [6.45, 7) is 1.54. The van der Waals surface area contributed by atoms with Crippen LogP contribution >= 0.6 is 0 Å². The van der Waals surface area contributed by atoms with Gasteiger partial charge in [0.1, 0.15) is 5.69 Å². The molecule has 1 heterocycles. The number of benzene rings is 1. The average Bonchev–Trinajstić information content (AvgIpc) is 2.87. The molecular weight excluding hydrogens is 282 g/mol. The second kappa shape index (κ2) is 5.63. The number of aromatic nitrogens is 3. The van der Waals surface area contributed by atoms with Gasteiger partial charge in [0, 0.05) is 6.07 Å². The highest BCUT2D eigenvalue weighted by atomic mass is 16.6. The average molecular weight is 293 g/mol. The molecule has 0 fully saturated rings. The molecule has 2 rings (SSSR count). The van der Waals surface area contributed by atoms with Crippen molar-refractivity contribution >= 4 is 11.4 Å². The van der Waals surface area contributed by atoms with Crippen LogP contribution in [0.3, 0.4) is 0 Å². The van der Waals surface area contributed by atoms with Crippen LogP contribution < -0.4 is 0 Å². The maximum atomic E-state index is 11.0. The lowest BCUT2D eigenvalue weighted by molar-refractivity contribution is -0.394. The van der Waals surface area contributed by atoms with E-state index >= 15 is 0 Å². The third kappa shape index (κ3) is 3.17. The van der Waals surface area contributed by atoms with Crippen molar-refractivity contribution in [2.24, 2.45) is 0 Å². The smallest absolute Gasteiger partial charge is 0.281 e. The van der Waals surface area contributed by atoms with E-state index in [2.05, 4.69) is 10.3 Å². The monoisotopic (exact) mass is 293 g/mol. The maximum absolute atomic E-state index is 11.0. The van der Waals surface area contributed by atoms with Gasteiger partial charge in [-0.1, -0.05) is 5.21 Å². The van der Waals surface area contributed by atoms with Crippen LogP contribution in [0.25, 0.3) is 0 Å². The highest BCUT2D eigenvalue weighted by molar-refractivity contribution is 5.49. The number of rotatable bonds is 5. The quantitative estimate of drug-likeness (QED) is 0.645. The first-order valence-corrected chi connectivity index (χ1v) is 5.88. The van der Waals surface area contributed by atoms with Crippen molar-refractivity contribution < 1.29 is 15.0 Å². The lowest BCUT2D eigenvalue weighted by atomic mass is 10.1. The summed E-state index contributed by atoms with van der Waals surface area (Å²) in [5.74, 6) is 0. The standard InChI is InChI=1S/C11H11N5O5/c1-7(17)10-6-14(13-12-10)5-8-2-3-9(15(18)19)4-11(8)16(20)21/h2-4,6-7,17H,5H2,1H3. The van der Waals surface area contributed by atoms with Gasteiger partial charge in [-0.2, -0.15) is 0 Å². The van der Waals surface area contributed by atoms with Crippen molar-refractivity contribution in [1.29, 1.82) is 0 Å². The molecule has 0 saturated heterocycles. The Bertz CT molecular complexity index is 696. The minimum Gasteiger partial charge on any atom is -0.387 e. The second-order valence-electron chi connectivity index (χ2n) is 4.34. The number of nitro groups is 2. The van der Waals surface area contributed by atoms with E-state index in [9.17, 15) is 25.3 Å². The molecule has 21 heavy (non-hydrogen) atoms. The Morgan fingerprint density at radius 3 is 2.57 bits per heavy atom. The third-order valence-corrected chi connectivity index (χ3v) is 2.79. The topological polar surface area (TPSA) is 137 Å². The van der Waals surface area contributed by atoms with E-state index < -0.39 is 16.0 Å². The Morgan fingerprint density at radius 1 is 1.33 bits per heavy atom. The van der Waals surface area contributed by atoms with E-state index in [0.717, 1.165) is 6.07 Å². The molecule has 2 aromatic rings. The van der Waals surface area contributed by atoms with Crippen molar-refractivity contribution in [2.45, 2.75) is 19.6 Å². The van der Waals surface area contributed by atoms with Gasteiger partial charge in [-0.05, 0) is 13.0 Å². The molecule has 1 aromatic carbocycles. The van der Waals surface area contributed by atoms with Crippen LogP contribution in [0.5, 0.6) is 0 Å². The van der Waals surface area contributed by atoms with E-state index in [-0.39, 0.29) is 23.5 Å². The van der Waals surface area contributed by atoms with Crippen molar-refractivity contribution in [3.05, 3.63) is 55.9 Å². The van der Waals surface area contributed by atoms with Gasteiger partial charge in [0.25, 0.3) is 11.4 Å². The molecule has 0 saturated carbocycles. The molecular formula is C11H11N5O5. The van der Waals surface area contributed by atoms with Crippen molar-refractivity contribution in [3.63, 3.8) is 0 Å². The van der Waals surface area contributed by atoms with Crippen LogP contribution in [-0.2, 0) is 6.54 Å². The summed E-state index contributed by atoms with van der Waals surface area (Å²) in [5.41, 5.74) is -0.126. The normalized spacial score (nSPS) is 12.1. The van der Waals surface area contributed by atoms with Crippen LogP contribution in [0.2, 0.25) is 0 Å². The van der Waals surface area contributed by atoms with Crippen LogP contribution in [-0.4, -0.2) is 29.9 Å². The molecule has 110 valence electrons. The molecule has 0 bridgehead atoms. The highest BCUT2D eigenvalue weighted by Gasteiger charge is 2.20. The lowest BCUT2D eigenvalue weighted by Gasteiger charge is -2.03. The maximum Gasteiger partial charge on any atom is 0.281 e. The number of hydrogen-bond acceptors (Lipinski definition) is 7. The van der Waals surface area contributed by atoms with Gasteiger partial charge in [0.15, 0.2) is 0 Å². The summed E-state index contributed by atoms with van der Waals surface area (Å²) < 4.78 is 1.32. The number of nitrogens with zero attached hydrogens (tertiary/aromatic N) is 5. The molecule has 1 atom stereocenters. The van der Waals surface area contributed by atoms with Gasteiger partial charge in [-0.3, -0.25) is 20.2 Å². The van der Waals surface area contributed by atoms with Gasteiger partial charge in [0.05, 0.1) is 40.3 Å². The largest absolute Gasteiger partial charge is 0.387 e. The first-order valence-electron chi connectivity index (χ1n) is 5.88. The molecule has 0 aliphatic carbocycles. The van der Waals surface area contributed by atoms with Crippen molar-refractivity contribution in [2.75, 3.05) is 0 Å². The van der Waals surface area contributed by atoms with Crippen LogP contribution in [0.4, 0.5) is 11.4 Å². The Labute approximate surface area is 117 Å². The number of aliphatic hydroxyl groups is 1. The molecule has 0 spiro atoms. The Balaban J connectivity index is 2.34. The molecule has 0 aliphatic heterocycles. The minimum absolute atomic E-state index is 0.0219. The SMILES string of the molecule is CC(O)c1cn(Cc2ccc([N+](=O)[O-])cc2[N+](=O)[O-])nn1. The fourth-order valence-electron chi connectivity index (χ4n) is 1.73. The summed E-state index contributed by atoms with van der Waals surface area (Å²) in [6, 6.07) is 3.40. The van der Waals surface area contributed by atoms with Gasteiger partial charge >= 0.3 is 0 Å². The Morgan fingerprint density at radius 2 is 2.05 bits per heavy atom. The second-order valence-corrected chi connectivity index (χ2v) is 4.34. The van der Waals surface area contributed by atoms with Gasteiger partial charge < -0.3 is 5.11 Å². The Hall–Kier alpha value is -2.88. The first kappa shape index (κ1) is 14.5. The summed E-state index contributed by atoms with van der Waals surface area (Å²) >= 11 is 0. The predicted octanol–water partition coefficient (Wildman–Crippen LogP) is 1.20. The third-order valence-electron chi connectivity index (χ3n) is 2.79. The molecule has 10 nitrogen and oxygen atoms in total. The van der Waals surface area contributed by atoms with E-state index in [1.54, 1.807) is 0 Å². The van der Waals surface area contributed by atoms with Crippen molar-refractivity contribution in [3.8, 4) is 0 Å². The van der Waals surface area contributed by atoms with Crippen LogP contribution in [0, 0.1) is 20.2 Å². The van der Waals surface area contributed by atoms with E-state index in [1.165, 1.54) is 29.9 Å². The number of nitro benzene ring substituents is 2. The first-order chi connectivity index (χ1) is 9.88. The highest BCUT2D eigenvalue weighted by Crippen LogP contribution is 2.25.